The van der Waals surface area contributed by atoms with Crippen LogP contribution in [0.15, 0.2) is 42.5 Å². The SMILES string of the molecule is COc1cccc(CCC(=O)Nc2ccc(F)c(Cl)c2)c1. The van der Waals surface area contributed by atoms with E-state index in [-0.39, 0.29) is 10.9 Å². The minimum absolute atomic E-state index is 0.0133. The zero-order valence-corrected chi connectivity index (χ0v) is 12.3. The Morgan fingerprint density at radius 3 is 2.81 bits per heavy atom. The molecule has 0 heterocycles. The standard InChI is InChI=1S/C16H15ClFNO2/c1-21-13-4-2-3-11(9-13)5-8-16(20)19-12-6-7-15(18)14(17)10-12/h2-4,6-7,9-10H,5,8H2,1H3,(H,19,20). The quantitative estimate of drug-likeness (QED) is 0.904. The van der Waals surface area contributed by atoms with E-state index in [4.69, 9.17) is 16.3 Å². The third kappa shape index (κ3) is 4.46. The molecule has 2 aromatic rings. The van der Waals surface area contributed by atoms with Gasteiger partial charge in [-0.25, -0.2) is 4.39 Å². The summed E-state index contributed by atoms with van der Waals surface area (Å²) in [5, 5.41) is 2.67. The second-order valence-electron chi connectivity index (χ2n) is 4.53. The number of carbonyl (C=O) groups excluding carboxylic acids is 1. The lowest BCUT2D eigenvalue weighted by Crippen LogP contribution is -2.12. The van der Waals surface area contributed by atoms with Gasteiger partial charge >= 0.3 is 0 Å². The molecule has 2 aromatic carbocycles. The molecule has 0 fully saturated rings. The molecule has 0 aliphatic heterocycles. The lowest BCUT2D eigenvalue weighted by molar-refractivity contribution is -0.116. The summed E-state index contributed by atoms with van der Waals surface area (Å²) in [4.78, 5) is 11.9. The normalized spacial score (nSPS) is 10.2. The summed E-state index contributed by atoms with van der Waals surface area (Å²) in [6.45, 7) is 0. The zero-order chi connectivity index (χ0) is 15.2. The molecule has 110 valence electrons. The fourth-order valence-electron chi connectivity index (χ4n) is 1.88. The average molecular weight is 308 g/mol. The van der Waals surface area contributed by atoms with Crippen LogP contribution in [0.1, 0.15) is 12.0 Å². The van der Waals surface area contributed by atoms with E-state index in [0.29, 0.717) is 18.5 Å². The highest BCUT2D eigenvalue weighted by atomic mass is 35.5. The lowest BCUT2D eigenvalue weighted by Gasteiger charge is -2.07. The highest BCUT2D eigenvalue weighted by molar-refractivity contribution is 6.31. The van der Waals surface area contributed by atoms with Gasteiger partial charge in [0.1, 0.15) is 11.6 Å². The first-order valence-corrected chi connectivity index (χ1v) is 6.84. The number of amides is 1. The van der Waals surface area contributed by atoms with Gasteiger partial charge in [0.25, 0.3) is 0 Å². The van der Waals surface area contributed by atoms with Crippen LogP contribution in [-0.2, 0) is 11.2 Å². The van der Waals surface area contributed by atoms with Crippen LogP contribution in [0.5, 0.6) is 5.75 Å². The van der Waals surface area contributed by atoms with Crippen LogP contribution in [0.3, 0.4) is 0 Å². The maximum absolute atomic E-state index is 13.0. The Kier molecular flexibility index (Phi) is 5.17. The molecule has 0 radical (unpaired) electrons. The average Bonchev–Trinajstić information content (AvgIpc) is 2.49. The first-order chi connectivity index (χ1) is 10.1. The molecular formula is C16H15ClFNO2. The molecule has 3 nitrogen and oxygen atoms in total. The van der Waals surface area contributed by atoms with Crippen molar-refractivity contribution in [2.24, 2.45) is 0 Å². The van der Waals surface area contributed by atoms with E-state index in [1.54, 1.807) is 7.11 Å². The van der Waals surface area contributed by atoms with Crippen LogP contribution >= 0.6 is 11.6 Å². The Morgan fingerprint density at radius 2 is 2.10 bits per heavy atom. The molecule has 1 amide bonds. The zero-order valence-electron chi connectivity index (χ0n) is 11.5. The predicted molar refractivity (Wildman–Crippen MR) is 81.4 cm³/mol. The lowest BCUT2D eigenvalue weighted by atomic mass is 10.1. The van der Waals surface area contributed by atoms with Crippen molar-refractivity contribution in [3.8, 4) is 5.75 Å². The second kappa shape index (κ2) is 7.09. The molecule has 0 unspecified atom stereocenters. The second-order valence-corrected chi connectivity index (χ2v) is 4.94. The maximum atomic E-state index is 13.0. The van der Waals surface area contributed by atoms with Crippen molar-refractivity contribution in [3.05, 3.63) is 58.9 Å². The van der Waals surface area contributed by atoms with Gasteiger partial charge in [0.15, 0.2) is 0 Å². The number of nitrogens with one attached hydrogen (secondary N) is 1. The number of benzene rings is 2. The molecule has 0 spiro atoms. The van der Waals surface area contributed by atoms with Crippen molar-refractivity contribution in [2.45, 2.75) is 12.8 Å². The van der Waals surface area contributed by atoms with Gasteiger partial charge in [-0.3, -0.25) is 4.79 Å². The number of hydrogen-bond donors (Lipinski definition) is 1. The number of anilines is 1. The summed E-state index contributed by atoms with van der Waals surface area (Å²) in [6.07, 6.45) is 0.917. The van der Waals surface area contributed by atoms with Crippen molar-refractivity contribution >= 4 is 23.2 Å². The van der Waals surface area contributed by atoms with Crippen LogP contribution < -0.4 is 10.1 Å². The summed E-state index contributed by atoms with van der Waals surface area (Å²) in [6, 6.07) is 11.6. The van der Waals surface area contributed by atoms with Gasteiger partial charge in [0.2, 0.25) is 5.91 Å². The minimum atomic E-state index is -0.508. The Balaban J connectivity index is 1.91. The number of hydrogen-bond acceptors (Lipinski definition) is 2. The molecule has 0 bridgehead atoms. The molecule has 2 rings (SSSR count). The molecule has 0 atom stereocenters. The van der Waals surface area contributed by atoms with Gasteiger partial charge in [-0.1, -0.05) is 23.7 Å². The van der Waals surface area contributed by atoms with Crippen LogP contribution in [0.2, 0.25) is 5.02 Å². The molecule has 1 N–H and O–H groups in total. The molecule has 0 aliphatic carbocycles. The van der Waals surface area contributed by atoms with Crippen LogP contribution in [0.4, 0.5) is 10.1 Å². The topological polar surface area (TPSA) is 38.3 Å². The minimum Gasteiger partial charge on any atom is -0.497 e. The molecule has 0 saturated carbocycles. The summed E-state index contributed by atoms with van der Waals surface area (Å²) >= 11 is 5.66. The maximum Gasteiger partial charge on any atom is 0.224 e. The molecule has 5 heteroatoms. The highest BCUT2D eigenvalue weighted by Gasteiger charge is 2.06. The number of carbonyl (C=O) groups is 1. The van der Waals surface area contributed by atoms with Gasteiger partial charge in [-0.05, 0) is 42.3 Å². The summed E-state index contributed by atoms with van der Waals surface area (Å²) in [5.74, 6) is 0.102. The number of aryl methyl sites for hydroxylation is 1. The van der Waals surface area contributed by atoms with Gasteiger partial charge in [0, 0.05) is 12.1 Å². The Morgan fingerprint density at radius 1 is 1.29 bits per heavy atom. The molecule has 0 saturated heterocycles. The number of methoxy groups -OCH3 is 1. The molecule has 21 heavy (non-hydrogen) atoms. The summed E-state index contributed by atoms with van der Waals surface area (Å²) in [5.41, 5.74) is 1.50. The Hall–Kier alpha value is -2.07. The third-order valence-corrected chi connectivity index (χ3v) is 3.27. The molecule has 0 aliphatic rings. The first-order valence-electron chi connectivity index (χ1n) is 6.46. The number of halogens is 2. The first kappa shape index (κ1) is 15.3. The molecule has 0 aromatic heterocycles. The van der Waals surface area contributed by atoms with Crippen molar-refractivity contribution in [2.75, 3.05) is 12.4 Å². The van der Waals surface area contributed by atoms with Crippen molar-refractivity contribution in [3.63, 3.8) is 0 Å². The van der Waals surface area contributed by atoms with Gasteiger partial charge in [-0.15, -0.1) is 0 Å². The van der Waals surface area contributed by atoms with Crippen LogP contribution in [-0.4, -0.2) is 13.0 Å². The Bertz CT molecular complexity index is 646. The molecular weight excluding hydrogens is 293 g/mol. The van der Waals surface area contributed by atoms with E-state index in [1.807, 2.05) is 24.3 Å². The highest BCUT2D eigenvalue weighted by Crippen LogP contribution is 2.20. The van der Waals surface area contributed by atoms with E-state index < -0.39 is 5.82 Å². The summed E-state index contributed by atoms with van der Waals surface area (Å²) in [7, 11) is 1.60. The van der Waals surface area contributed by atoms with Crippen molar-refractivity contribution in [1.82, 2.24) is 0 Å². The van der Waals surface area contributed by atoms with Gasteiger partial charge < -0.3 is 10.1 Å². The van der Waals surface area contributed by atoms with E-state index >= 15 is 0 Å². The summed E-state index contributed by atoms with van der Waals surface area (Å²) < 4.78 is 18.2. The van der Waals surface area contributed by atoms with E-state index in [9.17, 15) is 9.18 Å². The van der Waals surface area contributed by atoms with Crippen LogP contribution in [0, 0.1) is 5.82 Å². The fourth-order valence-corrected chi connectivity index (χ4v) is 2.06. The largest absolute Gasteiger partial charge is 0.497 e. The van der Waals surface area contributed by atoms with E-state index in [1.165, 1.54) is 18.2 Å². The number of rotatable bonds is 5. The van der Waals surface area contributed by atoms with E-state index in [2.05, 4.69) is 5.32 Å². The van der Waals surface area contributed by atoms with Crippen molar-refractivity contribution in [1.29, 1.82) is 0 Å². The third-order valence-electron chi connectivity index (χ3n) is 2.98. The predicted octanol–water partition coefficient (Wildman–Crippen LogP) is 4.06. The fraction of sp³-hybridized carbons (Fsp3) is 0.188. The van der Waals surface area contributed by atoms with Crippen LogP contribution in [0.25, 0.3) is 0 Å². The monoisotopic (exact) mass is 307 g/mol. The Labute approximate surface area is 127 Å². The smallest absolute Gasteiger partial charge is 0.224 e. The van der Waals surface area contributed by atoms with Gasteiger partial charge in [-0.2, -0.15) is 0 Å². The van der Waals surface area contributed by atoms with E-state index in [0.717, 1.165) is 11.3 Å². The van der Waals surface area contributed by atoms with Crippen molar-refractivity contribution < 1.29 is 13.9 Å². The number of ether oxygens (including phenoxy) is 1. The van der Waals surface area contributed by atoms with Gasteiger partial charge in [0.05, 0.1) is 12.1 Å².